The molecule has 0 bridgehead atoms. The maximum Gasteiger partial charge on any atom is 0.129 e. The van der Waals surface area contributed by atoms with Crippen LogP contribution in [0, 0.1) is 93.2 Å². The minimum Gasteiger partial charge on any atom is -0.127 e. The molecule has 302 valence electrons. The minimum atomic E-state index is -1.52. The topological polar surface area (TPSA) is 0 Å². The number of benzene rings is 5. The number of rotatable bonds is 0. The van der Waals surface area contributed by atoms with Gasteiger partial charge in [0.15, 0.2) is 0 Å². The first-order chi connectivity index (χ1) is 29.1. The van der Waals surface area contributed by atoms with Crippen LogP contribution in [0.3, 0.4) is 0 Å². The molecule has 0 saturated carbocycles. The molecule has 0 aliphatic rings. The summed E-state index contributed by atoms with van der Waals surface area (Å²) in [6, 6.07) is 36.6. The summed E-state index contributed by atoms with van der Waals surface area (Å²) in [4.78, 5) is 0. The first kappa shape index (κ1) is 46.5. The van der Waals surface area contributed by atoms with Crippen molar-refractivity contribution in [2.24, 2.45) is 0 Å². The smallest absolute Gasteiger partial charge is 0.127 e. The lowest BCUT2D eigenvalue weighted by Crippen LogP contribution is -2.16. The Morgan fingerprint density at radius 1 is 0.194 bits per heavy atom. The van der Waals surface area contributed by atoms with Gasteiger partial charge in [-0.25, -0.2) is 0 Å². The molecule has 5 rings (SSSR count). The highest BCUT2D eigenvalue weighted by Gasteiger charge is 2.11. The lowest BCUT2D eigenvalue weighted by Gasteiger charge is -2.05. The van der Waals surface area contributed by atoms with Gasteiger partial charge in [-0.05, 0) is 109 Å². The molecule has 4 heteroatoms. The van der Waals surface area contributed by atoms with E-state index in [0.29, 0.717) is 0 Å². The first-order valence-corrected chi connectivity index (χ1v) is 34.9. The summed E-state index contributed by atoms with van der Waals surface area (Å²) in [5.41, 5.74) is 25.2. The van der Waals surface area contributed by atoms with E-state index in [2.05, 4.69) is 208 Å². The van der Waals surface area contributed by atoms with Crippen LogP contribution in [0.5, 0.6) is 0 Å². The summed E-state index contributed by atoms with van der Waals surface area (Å²) in [7, 11) is -6.07. The van der Waals surface area contributed by atoms with Gasteiger partial charge >= 0.3 is 0 Å². The highest BCUT2D eigenvalue weighted by molar-refractivity contribution is 6.85. The van der Waals surface area contributed by atoms with E-state index in [9.17, 15) is 0 Å². The van der Waals surface area contributed by atoms with Crippen LogP contribution < -0.4 is 0 Å². The van der Waals surface area contributed by atoms with E-state index < -0.39 is 32.3 Å². The second kappa shape index (κ2) is 20.3. The second-order valence-electron chi connectivity index (χ2n) is 19.3. The predicted molar refractivity (Wildman–Crippen MR) is 277 cm³/mol. The van der Waals surface area contributed by atoms with E-state index in [4.69, 9.17) is 0 Å². The fourth-order valence-corrected chi connectivity index (χ4v) is 7.29. The highest BCUT2D eigenvalue weighted by Crippen LogP contribution is 2.14. The molecule has 0 aromatic heterocycles. The highest BCUT2D eigenvalue weighted by atomic mass is 28.3. The second-order valence-corrected chi connectivity index (χ2v) is 38.3. The Kier molecular flexibility index (Phi) is 15.3. The molecule has 0 fully saturated rings. The molecule has 62 heavy (non-hydrogen) atoms. The summed E-state index contributed by atoms with van der Waals surface area (Å²) >= 11 is 0. The molecule has 5 aromatic carbocycles. The lowest BCUT2D eigenvalue weighted by molar-refractivity contribution is 1.55. The Morgan fingerprint density at radius 3 is 0.468 bits per heavy atom. The Bertz CT molecular complexity index is 2680. The normalized spacial score (nSPS) is 10.5. The maximum atomic E-state index is 3.48. The summed E-state index contributed by atoms with van der Waals surface area (Å²) < 4.78 is 0. The van der Waals surface area contributed by atoms with Crippen LogP contribution in [0.2, 0.25) is 78.6 Å². The molecule has 0 N–H and O–H groups in total. The Morgan fingerprint density at radius 2 is 0.323 bits per heavy atom. The maximum absolute atomic E-state index is 3.48. The quantitative estimate of drug-likeness (QED) is 0.107. The van der Waals surface area contributed by atoms with E-state index in [1.807, 2.05) is 72.8 Å². The third-order valence-corrected chi connectivity index (χ3v) is 11.8. The Balaban J connectivity index is 1.23. The average molecular weight is 863 g/mol. The van der Waals surface area contributed by atoms with E-state index in [1.54, 1.807) is 0 Å². The van der Waals surface area contributed by atoms with E-state index in [0.717, 1.165) is 66.8 Å². The van der Waals surface area contributed by atoms with Crippen molar-refractivity contribution in [3.63, 3.8) is 0 Å². The van der Waals surface area contributed by atoms with Gasteiger partial charge in [0, 0.05) is 66.8 Å². The molecule has 0 unspecified atom stereocenters. The summed E-state index contributed by atoms with van der Waals surface area (Å²) in [5.74, 6) is 40.0. The lowest BCUT2D eigenvalue weighted by atomic mass is 10.1. The fourth-order valence-electron chi connectivity index (χ4n) is 5.21. The number of hydrogen-bond acceptors (Lipinski definition) is 0. The third kappa shape index (κ3) is 17.6. The SMILES string of the molecule is C[Si](C)(C)C#Cc1cc(C#Cc2ccc(C#Cc3ccc(C#Cc4ccc(C#Cc5cc(C#C[Si](C)(C)C)cc(C#C[Si](C)(C)C)c5)cc4)cc3)cc2)cc(C#C[Si](C)(C)C)c1. The molecule has 5 aromatic rings. The zero-order valence-corrected chi connectivity index (χ0v) is 42.4. The van der Waals surface area contributed by atoms with Crippen LogP contribution in [0.25, 0.3) is 0 Å². The van der Waals surface area contributed by atoms with Crippen molar-refractivity contribution in [2.45, 2.75) is 78.6 Å². The summed E-state index contributed by atoms with van der Waals surface area (Å²) in [6.45, 7) is 27.0. The monoisotopic (exact) mass is 862 g/mol. The molecule has 0 aliphatic heterocycles. The standard InChI is InChI=1S/C58H54Si4/c1-59(2,3)37-33-55-41-53(42-56(45-55)34-38-60(4,5)6)31-29-51-25-21-49(22-26-51)19-17-47-13-15-48(16-14-47)18-20-50-23-27-52(28-24-50)30-32-54-43-57(35-39-61(7,8)9)46-58(44-54)36-40-62(10,11)12/h13-16,21-28,41-46H,1-12H3. The van der Waals surface area contributed by atoms with Gasteiger partial charge in [0.25, 0.3) is 0 Å². The average Bonchev–Trinajstić information content (AvgIpc) is 3.20. The van der Waals surface area contributed by atoms with Gasteiger partial charge in [0.1, 0.15) is 32.3 Å². The molecule has 0 aliphatic carbocycles. The van der Waals surface area contributed by atoms with E-state index in [-0.39, 0.29) is 0 Å². The number of hydrogen-bond donors (Lipinski definition) is 0. The van der Waals surface area contributed by atoms with E-state index in [1.165, 1.54) is 0 Å². The van der Waals surface area contributed by atoms with Crippen molar-refractivity contribution in [2.75, 3.05) is 0 Å². The molecule has 0 atom stereocenters. The minimum absolute atomic E-state index is 0.919. The van der Waals surface area contributed by atoms with Crippen LogP contribution in [-0.4, -0.2) is 32.3 Å². The molecule has 0 radical (unpaired) electrons. The summed E-state index contributed by atoms with van der Waals surface area (Å²) in [5, 5.41) is 0. The van der Waals surface area contributed by atoms with Crippen molar-refractivity contribution in [3.8, 4) is 93.2 Å². The molecule has 0 saturated heterocycles. The molecular formula is C58H54Si4. The van der Waals surface area contributed by atoms with E-state index >= 15 is 0 Å². The fraction of sp³-hybridized carbons (Fsp3) is 0.207. The van der Waals surface area contributed by atoms with Crippen molar-refractivity contribution in [1.82, 2.24) is 0 Å². The molecule has 0 heterocycles. The molecular weight excluding hydrogens is 809 g/mol. The van der Waals surface area contributed by atoms with Gasteiger partial charge in [-0.2, -0.15) is 0 Å². The van der Waals surface area contributed by atoms with Crippen LogP contribution in [0.1, 0.15) is 66.8 Å². The van der Waals surface area contributed by atoms with Crippen LogP contribution in [-0.2, 0) is 0 Å². The van der Waals surface area contributed by atoms with Crippen molar-refractivity contribution in [3.05, 3.63) is 176 Å². The van der Waals surface area contributed by atoms with Crippen LogP contribution in [0.4, 0.5) is 0 Å². The van der Waals surface area contributed by atoms with Crippen LogP contribution in [0.15, 0.2) is 109 Å². The Hall–Kier alpha value is -6.55. The van der Waals surface area contributed by atoms with Crippen molar-refractivity contribution < 1.29 is 0 Å². The van der Waals surface area contributed by atoms with Gasteiger partial charge in [-0.15, -0.1) is 22.2 Å². The van der Waals surface area contributed by atoms with Gasteiger partial charge < -0.3 is 0 Å². The summed E-state index contributed by atoms with van der Waals surface area (Å²) in [6.07, 6.45) is 0. The van der Waals surface area contributed by atoms with Crippen molar-refractivity contribution >= 4 is 32.3 Å². The molecule has 0 spiro atoms. The zero-order valence-electron chi connectivity index (χ0n) is 38.4. The Labute approximate surface area is 377 Å². The third-order valence-electron chi connectivity index (χ3n) is 8.25. The van der Waals surface area contributed by atoms with Gasteiger partial charge in [-0.3, -0.25) is 0 Å². The predicted octanol–water partition coefficient (Wildman–Crippen LogP) is 12.2. The zero-order chi connectivity index (χ0) is 45.0. The largest absolute Gasteiger partial charge is 0.129 e. The van der Waals surface area contributed by atoms with Crippen molar-refractivity contribution in [1.29, 1.82) is 0 Å². The molecule has 0 nitrogen and oxygen atoms in total. The van der Waals surface area contributed by atoms with Crippen LogP contribution >= 0.6 is 0 Å². The van der Waals surface area contributed by atoms with Gasteiger partial charge in [0.05, 0.1) is 0 Å². The van der Waals surface area contributed by atoms with Gasteiger partial charge in [-0.1, -0.05) is 150 Å². The van der Waals surface area contributed by atoms with Gasteiger partial charge in [0.2, 0.25) is 0 Å². The molecule has 0 amide bonds. The first-order valence-electron chi connectivity index (χ1n) is 20.9.